The van der Waals surface area contributed by atoms with Gasteiger partial charge in [-0.15, -0.1) is 0 Å². The molecule has 8 heteroatoms. The monoisotopic (exact) mass is 432 g/mol. The molecule has 2 aromatic carbocycles. The number of rotatable bonds is 10. The number of fused-ring (bicyclic) bond motifs is 1. The Morgan fingerprint density at radius 1 is 1.13 bits per heavy atom. The van der Waals surface area contributed by atoms with E-state index in [4.69, 9.17) is 4.74 Å². The zero-order chi connectivity index (χ0) is 21.6. The van der Waals surface area contributed by atoms with Crippen molar-refractivity contribution in [2.45, 2.75) is 30.1 Å². The van der Waals surface area contributed by atoms with Crippen molar-refractivity contribution in [3.63, 3.8) is 0 Å². The highest BCUT2D eigenvalue weighted by Crippen LogP contribution is 2.19. The van der Waals surface area contributed by atoms with Crippen molar-refractivity contribution in [3.05, 3.63) is 59.7 Å². The maximum atomic E-state index is 11.5. The summed E-state index contributed by atoms with van der Waals surface area (Å²) in [6, 6.07) is 14.3. The molecular weight excluding hydrogens is 404 g/mol. The van der Waals surface area contributed by atoms with Crippen LogP contribution in [0.25, 0.3) is 0 Å². The lowest BCUT2D eigenvalue weighted by Gasteiger charge is -2.30. The smallest absolute Gasteiger partial charge is 0.175 e. The standard InChI is InChI=1S/C22H28N2O5S/c1-30(27,28)22-8-6-20(7-9-22)29-21(16-25)13-23-12-19(26)15-24-11-10-17-4-2-3-5-18(17)14-24/h2-9,16,19,21,23,26H,10-15H2,1H3. The SMILES string of the molecule is CS(=O)(=O)c1ccc(OC(C=O)CNCC(O)CN2CCc3ccccc3C2)cc1. The Balaban J connectivity index is 1.41. The molecule has 0 aliphatic carbocycles. The van der Waals surface area contributed by atoms with Crippen LogP contribution in [-0.4, -0.2) is 69.4 Å². The van der Waals surface area contributed by atoms with E-state index in [-0.39, 0.29) is 11.4 Å². The van der Waals surface area contributed by atoms with Crippen LogP contribution in [-0.2, 0) is 27.6 Å². The summed E-state index contributed by atoms with van der Waals surface area (Å²) in [5.41, 5.74) is 2.68. The zero-order valence-electron chi connectivity index (χ0n) is 17.0. The van der Waals surface area contributed by atoms with E-state index in [9.17, 15) is 18.3 Å². The molecule has 0 bridgehead atoms. The summed E-state index contributed by atoms with van der Waals surface area (Å²) in [6.45, 7) is 2.89. The van der Waals surface area contributed by atoms with Crippen LogP contribution in [0.5, 0.6) is 5.75 Å². The van der Waals surface area contributed by atoms with Gasteiger partial charge in [0.15, 0.2) is 22.2 Å². The van der Waals surface area contributed by atoms with Crippen molar-refractivity contribution in [2.75, 3.05) is 32.4 Å². The number of nitrogens with one attached hydrogen (secondary N) is 1. The number of aliphatic hydroxyl groups is 1. The second-order valence-corrected chi connectivity index (χ2v) is 9.62. The second-order valence-electron chi connectivity index (χ2n) is 7.60. The van der Waals surface area contributed by atoms with Crippen molar-refractivity contribution in [3.8, 4) is 5.75 Å². The van der Waals surface area contributed by atoms with E-state index in [0.29, 0.717) is 25.1 Å². The van der Waals surface area contributed by atoms with E-state index >= 15 is 0 Å². The fourth-order valence-corrected chi connectivity index (χ4v) is 4.15. The summed E-state index contributed by atoms with van der Waals surface area (Å²) in [5.74, 6) is 0.411. The fraction of sp³-hybridized carbons (Fsp3) is 0.409. The van der Waals surface area contributed by atoms with Crippen LogP contribution in [0.2, 0.25) is 0 Å². The van der Waals surface area contributed by atoms with Crippen LogP contribution in [0.4, 0.5) is 0 Å². The lowest BCUT2D eigenvalue weighted by molar-refractivity contribution is -0.113. The van der Waals surface area contributed by atoms with Gasteiger partial charge in [-0.2, -0.15) is 0 Å². The number of aldehydes is 1. The maximum absolute atomic E-state index is 11.5. The van der Waals surface area contributed by atoms with E-state index in [2.05, 4.69) is 28.4 Å². The van der Waals surface area contributed by atoms with Crippen LogP contribution < -0.4 is 10.1 Å². The van der Waals surface area contributed by atoms with Gasteiger partial charge in [0.1, 0.15) is 5.75 Å². The number of carbonyl (C=O) groups excluding carboxylic acids is 1. The first-order chi connectivity index (χ1) is 14.3. The molecule has 0 amide bonds. The van der Waals surface area contributed by atoms with E-state index in [1.165, 1.54) is 35.4 Å². The number of benzene rings is 2. The van der Waals surface area contributed by atoms with E-state index in [0.717, 1.165) is 25.8 Å². The number of hydrogen-bond acceptors (Lipinski definition) is 7. The number of aliphatic hydroxyl groups excluding tert-OH is 1. The normalized spacial score (nSPS) is 16.5. The molecular formula is C22H28N2O5S. The third-order valence-corrected chi connectivity index (χ3v) is 6.22. The average molecular weight is 433 g/mol. The van der Waals surface area contributed by atoms with Gasteiger partial charge < -0.3 is 15.2 Å². The van der Waals surface area contributed by atoms with Crippen molar-refractivity contribution >= 4 is 16.1 Å². The van der Waals surface area contributed by atoms with Gasteiger partial charge in [0.2, 0.25) is 0 Å². The Labute approximate surface area is 177 Å². The number of nitrogens with zero attached hydrogens (tertiary/aromatic N) is 1. The van der Waals surface area contributed by atoms with Gasteiger partial charge in [0, 0.05) is 39.0 Å². The van der Waals surface area contributed by atoms with Crippen LogP contribution >= 0.6 is 0 Å². The quantitative estimate of drug-likeness (QED) is 0.542. The largest absolute Gasteiger partial charge is 0.482 e. The summed E-state index contributed by atoms with van der Waals surface area (Å²) in [7, 11) is -3.28. The molecule has 1 heterocycles. The third-order valence-electron chi connectivity index (χ3n) is 5.10. The summed E-state index contributed by atoms with van der Waals surface area (Å²) in [5, 5.41) is 13.4. The highest BCUT2D eigenvalue weighted by Gasteiger charge is 2.19. The summed E-state index contributed by atoms with van der Waals surface area (Å²) < 4.78 is 28.6. The van der Waals surface area contributed by atoms with Crippen LogP contribution in [0.15, 0.2) is 53.4 Å². The van der Waals surface area contributed by atoms with Crippen molar-refractivity contribution in [2.24, 2.45) is 0 Å². The van der Waals surface area contributed by atoms with Gasteiger partial charge in [0.25, 0.3) is 0 Å². The highest BCUT2D eigenvalue weighted by atomic mass is 32.2. The number of sulfone groups is 1. The Bertz CT molecular complexity index is 946. The van der Waals surface area contributed by atoms with Gasteiger partial charge in [-0.05, 0) is 41.8 Å². The first-order valence-corrected chi connectivity index (χ1v) is 11.8. The molecule has 0 saturated heterocycles. The average Bonchev–Trinajstić information content (AvgIpc) is 2.72. The zero-order valence-corrected chi connectivity index (χ0v) is 17.8. The Kier molecular flexibility index (Phi) is 7.60. The van der Waals surface area contributed by atoms with Gasteiger partial charge in [-0.3, -0.25) is 9.69 Å². The molecule has 7 nitrogen and oxygen atoms in total. The minimum absolute atomic E-state index is 0.194. The van der Waals surface area contributed by atoms with Gasteiger partial charge in [0.05, 0.1) is 11.0 Å². The minimum Gasteiger partial charge on any atom is -0.482 e. The molecule has 0 fully saturated rings. The minimum atomic E-state index is -3.28. The topological polar surface area (TPSA) is 95.9 Å². The molecule has 0 spiro atoms. The molecule has 1 aliphatic heterocycles. The van der Waals surface area contributed by atoms with Gasteiger partial charge in [-0.25, -0.2) is 8.42 Å². The molecule has 2 aromatic rings. The highest BCUT2D eigenvalue weighted by molar-refractivity contribution is 7.90. The molecule has 3 rings (SSSR count). The molecule has 2 atom stereocenters. The fourth-order valence-electron chi connectivity index (χ4n) is 3.52. The van der Waals surface area contributed by atoms with E-state index in [1.54, 1.807) is 0 Å². The van der Waals surface area contributed by atoms with Gasteiger partial charge in [-0.1, -0.05) is 24.3 Å². The molecule has 0 aromatic heterocycles. The second kappa shape index (κ2) is 10.2. The Morgan fingerprint density at radius 3 is 2.50 bits per heavy atom. The molecule has 0 saturated carbocycles. The number of β-amino-alcohol motifs (C(OH)–C–C–N with tert-alkyl or cyclic N) is 1. The molecule has 0 radical (unpaired) electrons. The number of hydrogen-bond donors (Lipinski definition) is 2. The van der Waals surface area contributed by atoms with Crippen LogP contribution in [0, 0.1) is 0 Å². The summed E-state index contributed by atoms with van der Waals surface area (Å²) in [6.07, 6.45) is 1.51. The summed E-state index contributed by atoms with van der Waals surface area (Å²) >= 11 is 0. The maximum Gasteiger partial charge on any atom is 0.175 e. The molecule has 162 valence electrons. The van der Waals surface area contributed by atoms with Crippen molar-refractivity contribution < 1.29 is 23.1 Å². The third kappa shape index (κ3) is 6.37. The predicted molar refractivity (Wildman–Crippen MR) is 114 cm³/mol. The molecule has 2 unspecified atom stereocenters. The van der Waals surface area contributed by atoms with Crippen molar-refractivity contribution in [1.29, 1.82) is 0 Å². The predicted octanol–water partition coefficient (Wildman–Crippen LogP) is 1.05. The molecule has 30 heavy (non-hydrogen) atoms. The number of carbonyl (C=O) groups is 1. The Morgan fingerprint density at radius 2 is 1.83 bits per heavy atom. The number of ether oxygens (including phenoxy) is 1. The van der Waals surface area contributed by atoms with Crippen LogP contribution in [0.3, 0.4) is 0 Å². The lowest BCUT2D eigenvalue weighted by Crippen LogP contribution is -2.43. The van der Waals surface area contributed by atoms with Crippen molar-refractivity contribution in [1.82, 2.24) is 10.2 Å². The van der Waals surface area contributed by atoms with E-state index in [1.807, 2.05) is 6.07 Å². The van der Waals surface area contributed by atoms with Gasteiger partial charge >= 0.3 is 0 Å². The first kappa shape index (κ1) is 22.4. The lowest BCUT2D eigenvalue weighted by atomic mass is 10.00. The molecule has 1 aliphatic rings. The first-order valence-electron chi connectivity index (χ1n) is 9.95. The Hall–Kier alpha value is -2.26. The van der Waals surface area contributed by atoms with E-state index < -0.39 is 22.0 Å². The van der Waals surface area contributed by atoms with Crippen LogP contribution in [0.1, 0.15) is 11.1 Å². The molecule has 2 N–H and O–H groups in total. The summed E-state index contributed by atoms with van der Waals surface area (Å²) in [4.78, 5) is 13.7.